The maximum absolute atomic E-state index is 12.9. The molecule has 0 saturated heterocycles. The van der Waals surface area contributed by atoms with Crippen LogP contribution in [-0.2, 0) is 12.8 Å². The topological polar surface area (TPSA) is 141 Å². The highest BCUT2D eigenvalue weighted by atomic mass is 16.5. The molecule has 2 aromatic heterocycles. The van der Waals surface area contributed by atoms with E-state index in [1.165, 1.54) is 140 Å². The maximum atomic E-state index is 12.9. The van der Waals surface area contributed by atoms with Gasteiger partial charge in [-0.1, -0.05) is 174 Å². The van der Waals surface area contributed by atoms with Crippen molar-refractivity contribution < 1.29 is 38.0 Å². The van der Waals surface area contributed by atoms with Crippen molar-refractivity contribution in [3.8, 4) is 57.3 Å². The molecule has 0 bridgehead atoms. The molecule has 5 aromatic carbocycles. The smallest absolute Gasteiger partial charge is 0.343 e. The van der Waals surface area contributed by atoms with E-state index in [-0.39, 0.29) is 0 Å². The van der Waals surface area contributed by atoms with Crippen LogP contribution in [0.1, 0.15) is 245 Å². The van der Waals surface area contributed by atoms with Gasteiger partial charge < -0.3 is 28.4 Å². The van der Waals surface area contributed by atoms with Crippen molar-refractivity contribution in [1.29, 1.82) is 0 Å². The Labute approximate surface area is 545 Å². The van der Waals surface area contributed by atoms with E-state index in [2.05, 4.69) is 33.8 Å². The van der Waals surface area contributed by atoms with Gasteiger partial charge in [0, 0.05) is 35.9 Å². The number of hydrogen-bond donors (Lipinski definition) is 0. The summed E-state index contributed by atoms with van der Waals surface area (Å²) in [5.41, 5.74) is 5.22. The van der Waals surface area contributed by atoms with Crippen molar-refractivity contribution in [2.24, 2.45) is 0 Å². The lowest BCUT2D eigenvalue weighted by Crippen LogP contribution is -2.09. The fraction of sp³-hybridized carbons (Fsp3) is 0.494. The first-order valence-corrected chi connectivity index (χ1v) is 35.0. The Morgan fingerprint density at radius 3 is 0.780 bits per heavy atom. The summed E-state index contributed by atoms with van der Waals surface area (Å²) in [5.74, 6) is 4.30. The van der Waals surface area contributed by atoms with Gasteiger partial charge in [0.15, 0.2) is 11.6 Å². The van der Waals surface area contributed by atoms with Crippen molar-refractivity contribution in [2.75, 3.05) is 26.4 Å². The molecule has 0 spiro atoms. The van der Waals surface area contributed by atoms with Crippen molar-refractivity contribution >= 4 is 11.9 Å². The lowest BCUT2D eigenvalue weighted by molar-refractivity contribution is 0.0719. The van der Waals surface area contributed by atoms with E-state index >= 15 is 0 Å². The SMILES string of the molecule is CCCCCCCCCCCCc1cnc(-c2ccc(OCCCCCCCCOc3ccc(C(=O)Oc4ccc(OC(=O)c5ccc(OCCCCCCCOc6ccc(-c7ncc(CCCCCCCCCCCC)cn7)cc6)cc5)cc4)cc3)cc2)nc1. The number of aryl methyl sites for hydroxylation is 2. The standard InChI is InChI=1S/C79H104N4O8/c1-3-5-7-9-11-13-15-17-22-28-34-64-60-80-76(81-61-64)66-36-44-70(45-37-66)86-56-30-24-19-20-25-31-57-88-72-48-40-68(41-49-72)78(84)90-74-52-54-75(55-53-74)91-79(85)69-42-50-73(51-43-69)89-59-33-27-21-26-32-58-87-71-46-38-67(39-47-71)77-82-62-65(63-83-77)35-29-23-18-16-14-12-10-8-6-4-2/h36-55,60-63H,3-35,56-59H2,1-2H3. The van der Waals surface area contributed by atoms with Gasteiger partial charge in [-0.15, -0.1) is 0 Å². The summed E-state index contributed by atoms with van der Waals surface area (Å²) in [6.45, 7) is 7.13. The summed E-state index contributed by atoms with van der Waals surface area (Å²) in [6, 6.07) is 36.5. The molecule has 0 aliphatic heterocycles. The molecule has 7 aromatic rings. The Hall–Kier alpha value is -7.60. The number of carbonyl (C=O) groups is 2. The molecule has 0 aliphatic rings. The van der Waals surface area contributed by atoms with Crippen LogP contribution in [0, 0.1) is 0 Å². The number of carbonyl (C=O) groups excluding carboxylic acids is 2. The van der Waals surface area contributed by atoms with Crippen LogP contribution >= 0.6 is 0 Å². The zero-order chi connectivity index (χ0) is 63.4. The zero-order valence-electron chi connectivity index (χ0n) is 55.1. The van der Waals surface area contributed by atoms with Gasteiger partial charge in [-0.3, -0.25) is 0 Å². The van der Waals surface area contributed by atoms with Gasteiger partial charge in [-0.2, -0.15) is 0 Å². The third kappa shape index (κ3) is 29.1. The van der Waals surface area contributed by atoms with E-state index in [0.717, 1.165) is 118 Å². The summed E-state index contributed by atoms with van der Waals surface area (Å²) >= 11 is 0. The fourth-order valence-electron chi connectivity index (χ4n) is 11.0. The maximum Gasteiger partial charge on any atom is 0.343 e. The van der Waals surface area contributed by atoms with E-state index in [0.29, 0.717) is 60.6 Å². The average Bonchev–Trinajstić information content (AvgIpc) is 3.74. The molecular formula is C79H104N4O8. The van der Waals surface area contributed by atoms with Crippen molar-refractivity contribution in [3.05, 3.63) is 168 Å². The highest BCUT2D eigenvalue weighted by molar-refractivity contribution is 5.92. The second kappa shape index (κ2) is 44.0. The molecular weight excluding hydrogens is 1130 g/mol. The Bertz CT molecular complexity index is 3010. The summed E-state index contributed by atoms with van der Waals surface area (Å²) in [7, 11) is 0. The Kier molecular flexibility index (Phi) is 34.3. The quantitative estimate of drug-likeness (QED) is 0.0204. The normalized spacial score (nSPS) is 11.1. The van der Waals surface area contributed by atoms with Crippen LogP contribution in [0.3, 0.4) is 0 Å². The Morgan fingerprint density at radius 2 is 0.505 bits per heavy atom. The van der Waals surface area contributed by atoms with E-state index in [4.69, 9.17) is 28.4 Å². The molecule has 0 aliphatic carbocycles. The van der Waals surface area contributed by atoms with Crippen molar-refractivity contribution in [3.63, 3.8) is 0 Å². The van der Waals surface area contributed by atoms with Gasteiger partial charge in [0.05, 0.1) is 37.6 Å². The van der Waals surface area contributed by atoms with Crippen molar-refractivity contribution in [1.82, 2.24) is 19.9 Å². The minimum Gasteiger partial charge on any atom is -0.494 e. The van der Waals surface area contributed by atoms with Crippen LogP contribution in [-0.4, -0.2) is 58.3 Å². The third-order valence-corrected chi connectivity index (χ3v) is 16.6. The summed E-state index contributed by atoms with van der Waals surface area (Å²) < 4.78 is 35.1. The lowest BCUT2D eigenvalue weighted by Gasteiger charge is -2.09. The van der Waals surface area contributed by atoms with E-state index in [1.54, 1.807) is 72.8 Å². The Morgan fingerprint density at radius 1 is 0.275 bits per heavy atom. The second-order valence-corrected chi connectivity index (χ2v) is 24.3. The number of esters is 2. The van der Waals surface area contributed by atoms with Crippen LogP contribution in [0.15, 0.2) is 146 Å². The Balaban J connectivity index is 0.648. The number of aromatic nitrogens is 4. The molecule has 0 atom stereocenters. The van der Waals surface area contributed by atoms with Crippen LogP contribution < -0.4 is 28.4 Å². The third-order valence-electron chi connectivity index (χ3n) is 16.6. The van der Waals surface area contributed by atoms with Crippen molar-refractivity contribution in [2.45, 2.75) is 226 Å². The molecule has 12 heteroatoms. The molecule has 0 saturated carbocycles. The number of rotatable bonds is 49. The van der Waals surface area contributed by atoms with Crippen LogP contribution in [0.2, 0.25) is 0 Å². The average molecular weight is 1240 g/mol. The first-order valence-electron chi connectivity index (χ1n) is 35.0. The molecule has 0 unspecified atom stereocenters. The molecule has 12 nitrogen and oxygen atoms in total. The van der Waals surface area contributed by atoms with Crippen LogP contribution in [0.25, 0.3) is 22.8 Å². The molecule has 7 rings (SSSR count). The largest absolute Gasteiger partial charge is 0.494 e. The van der Waals surface area contributed by atoms with E-state index in [1.807, 2.05) is 73.3 Å². The van der Waals surface area contributed by atoms with Gasteiger partial charge in [0.2, 0.25) is 0 Å². The molecule has 2 heterocycles. The predicted octanol–water partition coefficient (Wildman–Crippen LogP) is 21.2. The summed E-state index contributed by atoms with van der Waals surface area (Å²) in [4.78, 5) is 44.5. The molecule has 91 heavy (non-hydrogen) atoms. The first-order chi connectivity index (χ1) is 44.9. The minimum absolute atomic E-state index is 0.333. The summed E-state index contributed by atoms with van der Waals surface area (Å²) in [5, 5.41) is 0. The first kappa shape index (κ1) is 70.9. The molecule has 0 radical (unpaired) electrons. The number of benzene rings is 5. The highest BCUT2D eigenvalue weighted by Crippen LogP contribution is 2.25. The summed E-state index contributed by atoms with van der Waals surface area (Å²) in [6.07, 6.45) is 48.5. The van der Waals surface area contributed by atoms with Gasteiger partial charge in [-0.05, 0) is 184 Å². The molecule has 0 N–H and O–H groups in total. The van der Waals surface area contributed by atoms with E-state index in [9.17, 15) is 9.59 Å². The highest BCUT2D eigenvalue weighted by Gasteiger charge is 2.13. The van der Waals surface area contributed by atoms with E-state index < -0.39 is 11.9 Å². The number of nitrogens with zero attached hydrogens (tertiary/aromatic N) is 4. The number of unbranched alkanes of at least 4 members (excludes halogenated alkanes) is 27. The van der Waals surface area contributed by atoms with Crippen LogP contribution in [0.4, 0.5) is 0 Å². The zero-order valence-corrected chi connectivity index (χ0v) is 55.1. The van der Waals surface area contributed by atoms with Gasteiger partial charge in [-0.25, -0.2) is 29.5 Å². The second-order valence-electron chi connectivity index (χ2n) is 24.3. The molecule has 488 valence electrons. The number of hydrogen-bond acceptors (Lipinski definition) is 12. The van der Waals surface area contributed by atoms with Gasteiger partial charge in [0.1, 0.15) is 34.5 Å². The minimum atomic E-state index is -0.498. The lowest BCUT2D eigenvalue weighted by atomic mass is 10.0. The monoisotopic (exact) mass is 1240 g/mol. The fourth-order valence-corrected chi connectivity index (χ4v) is 11.0. The number of ether oxygens (including phenoxy) is 6. The predicted molar refractivity (Wildman–Crippen MR) is 368 cm³/mol. The molecule has 0 fully saturated rings. The van der Waals surface area contributed by atoms with Gasteiger partial charge in [0.25, 0.3) is 0 Å². The molecule has 0 amide bonds. The van der Waals surface area contributed by atoms with Gasteiger partial charge >= 0.3 is 11.9 Å². The van der Waals surface area contributed by atoms with Crippen LogP contribution in [0.5, 0.6) is 34.5 Å².